The van der Waals surface area contributed by atoms with Gasteiger partial charge in [-0.05, 0) is 18.9 Å². The molecule has 1 amide bonds. The second kappa shape index (κ2) is 3.99. The number of hydrogen-bond donors (Lipinski definition) is 0. The smallest absolute Gasteiger partial charge is 0.246 e. The van der Waals surface area contributed by atoms with Gasteiger partial charge < -0.3 is 4.90 Å². The summed E-state index contributed by atoms with van der Waals surface area (Å²) >= 11 is 0. The highest BCUT2D eigenvalue weighted by Gasteiger charge is 2.22. The largest absolute Gasteiger partial charge is 0.337 e. The van der Waals surface area contributed by atoms with Crippen molar-refractivity contribution in [3.63, 3.8) is 0 Å². The van der Waals surface area contributed by atoms with Crippen molar-refractivity contribution in [1.29, 1.82) is 0 Å². The molecule has 1 saturated heterocycles. The van der Waals surface area contributed by atoms with Crippen molar-refractivity contribution in [3.8, 4) is 0 Å². The Labute approximate surface area is 71.2 Å². The normalized spacial score (nSPS) is 23.3. The van der Waals surface area contributed by atoms with Gasteiger partial charge in [0.25, 0.3) is 0 Å². The first-order chi connectivity index (χ1) is 5.77. The van der Waals surface area contributed by atoms with Gasteiger partial charge in [0, 0.05) is 13.1 Å². The molecule has 0 bridgehead atoms. The quantitative estimate of drug-likeness (QED) is 0.455. The Morgan fingerprint density at radius 3 is 3.00 bits per heavy atom. The summed E-state index contributed by atoms with van der Waals surface area (Å²) in [5, 5.41) is 2.94. The number of carbonyl (C=O) groups excluding carboxylic acids is 1. The minimum Gasteiger partial charge on any atom is -0.337 e. The van der Waals surface area contributed by atoms with E-state index in [1.807, 2.05) is 0 Å². The van der Waals surface area contributed by atoms with Crippen LogP contribution in [0.1, 0.15) is 12.8 Å². The first kappa shape index (κ1) is 8.90. The number of nitrogens with zero attached hydrogens (tertiary/aromatic N) is 2. The highest BCUT2D eigenvalue weighted by Crippen LogP contribution is 2.12. The number of nitroso groups, excluding NO2 is 1. The topological polar surface area (TPSA) is 49.7 Å². The molecule has 0 aromatic carbocycles. The minimum absolute atomic E-state index is 0.108. The number of carbonyl (C=O) groups is 1. The van der Waals surface area contributed by atoms with Crippen molar-refractivity contribution >= 4 is 5.91 Å². The van der Waals surface area contributed by atoms with E-state index in [0.717, 1.165) is 19.4 Å². The summed E-state index contributed by atoms with van der Waals surface area (Å²) in [4.78, 5) is 22.9. The molecule has 1 rings (SSSR count). The van der Waals surface area contributed by atoms with Crippen LogP contribution in [-0.4, -0.2) is 29.9 Å². The molecule has 1 aliphatic heterocycles. The average molecular weight is 168 g/mol. The SMILES string of the molecule is C=CC(=O)N1CCC[C@H](N=O)C1. The Morgan fingerprint density at radius 1 is 1.67 bits per heavy atom. The monoisotopic (exact) mass is 168 g/mol. The molecule has 4 nitrogen and oxygen atoms in total. The van der Waals surface area contributed by atoms with Crippen LogP contribution in [0.2, 0.25) is 0 Å². The molecule has 4 heteroatoms. The molecule has 0 aliphatic carbocycles. The van der Waals surface area contributed by atoms with Gasteiger partial charge in [-0.1, -0.05) is 11.8 Å². The molecule has 66 valence electrons. The molecule has 0 aromatic heterocycles. The van der Waals surface area contributed by atoms with Gasteiger partial charge in [0.05, 0.1) is 0 Å². The molecule has 0 unspecified atom stereocenters. The van der Waals surface area contributed by atoms with E-state index in [1.54, 1.807) is 4.90 Å². The summed E-state index contributed by atoms with van der Waals surface area (Å²) in [5.74, 6) is -0.108. The lowest BCUT2D eigenvalue weighted by Crippen LogP contribution is -2.40. The van der Waals surface area contributed by atoms with E-state index in [9.17, 15) is 9.70 Å². The second-order valence-corrected chi connectivity index (χ2v) is 2.89. The van der Waals surface area contributed by atoms with Gasteiger partial charge in [0.2, 0.25) is 5.91 Å². The van der Waals surface area contributed by atoms with Crippen LogP contribution >= 0.6 is 0 Å². The van der Waals surface area contributed by atoms with Crippen molar-refractivity contribution in [2.75, 3.05) is 13.1 Å². The van der Waals surface area contributed by atoms with Crippen LogP contribution in [-0.2, 0) is 4.79 Å². The van der Waals surface area contributed by atoms with Crippen LogP contribution in [0.3, 0.4) is 0 Å². The van der Waals surface area contributed by atoms with Crippen LogP contribution in [0.5, 0.6) is 0 Å². The molecule has 12 heavy (non-hydrogen) atoms. The van der Waals surface area contributed by atoms with Crippen LogP contribution in [0, 0.1) is 4.91 Å². The maximum absolute atomic E-state index is 11.1. The molecule has 1 atom stereocenters. The maximum atomic E-state index is 11.1. The number of rotatable bonds is 2. The second-order valence-electron chi connectivity index (χ2n) is 2.89. The number of likely N-dealkylation sites (tertiary alicyclic amines) is 1. The highest BCUT2D eigenvalue weighted by atomic mass is 16.3. The number of piperidine rings is 1. The fraction of sp³-hybridized carbons (Fsp3) is 0.625. The Kier molecular flexibility index (Phi) is 2.96. The molecule has 1 fully saturated rings. The standard InChI is InChI=1S/C8H12N2O2/c1-2-8(11)10-5-3-4-7(6-10)9-12/h2,7H,1,3-6H2/t7-/m0/s1. The predicted octanol–water partition coefficient (Wildman–Crippen LogP) is 0.930. The van der Waals surface area contributed by atoms with Crippen molar-refractivity contribution in [2.24, 2.45) is 5.18 Å². The predicted molar refractivity (Wildman–Crippen MR) is 45.6 cm³/mol. The van der Waals surface area contributed by atoms with Crippen molar-refractivity contribution < 1.29 is 4.79 Å². The van der Waals surface area contributed by atoms with Crippen molar-refractivity contribution in [2.45, 2.75) is 18.9 Å². The van der Waals surface area contributed by atoms with E-state index in [2.05, 4.69) is 11.8 Å². The molecule has 0 radical (unpaired) electrons. The summed E-state index contributed by atoms with van der Waals surface area (Å²) in [6.07, 6.45) is 2.92. The van der Waals surface area contributed by atoms with Gasteiger partial charge >= 0.3 is 0 Å². The van der Waals surface area contributed by atoms with Gasteiger partial charge in [-0.15, -0.1) is 0 Å². The van der Waals surface area contributed by atoms with Crippen LogP contribution in [0.25, 0.3) is 0 Å². The Morgan fingerprint density at radius 2 is 2.42 bits per heavy atom. The lowest BCUT2D eigenvalue weighted by molar-refractivity contribution is -0.127. The molecule has 0 aromatic rings. The fourth-order valence-electron chi connectivity index (χ4n) is 1.37. The molecule has 0 spiro atoms. The molecular weight excluding hydrogens is 156 g/mol. The van der Waals surface area contributed by atoms with Crippen LogP contribution < -0.4 is 0 Å². The first-order valence-electron chi connectivity index (χ1n) is 4.01. The first-order valence-corrected chi connectivity index (χ1v) is 4.01. The van der Waals surface area contributed by atoms with Gasteiger partial charge in [-0.3, -0.25) is 4.79 Å². The Hall–Kier alpha value is -1.19. The zero-order valence-corrected chi connectivity index (χ0v) is 6.90. The maximum Gasteiger partial charge on any atom is 0.246 e. The van der Waals surface area contributed by atoms with Gasteiger partial charge in [0.15, 0.2) is 0 Å². The third kappa shape index (κ3) is 1.90. The molecule has 0 saturated carbocycles. The molecule has 0 N–H and O–H groups in total. The van der Waals surface area contributed by atoms with E-state index in [0.29, 0.717) is 6.54 Å². The summed E-state index contributed by atoms with van der Waals surface area (Å²) in [5.41, 5.74) is 0. The summed E-state index contributed by atoms with van der Waals surface area (Å²) in [6, 6.07) is -0.220. The average Bonchev–Trinajstić information content (AvgIpc) is 2.17. The number of hydrogen-bond acceptors (Lipinski definition) is 3. The molecule has 1 aliphatic rings. The highest BCUT2D eigenvalue weighted by molar-refractivity contribution is 5.87. The summed E-state index contributed by atoms with van der Waals surface area (Å²) < 4.78 is 0. The lowest BCUT2D eigenvalue weighted by Gasteiger charge is -2.28. The Bertz CT molecular complexity index is 203. The number of amides is 1. The lowest BCUT2D eigenvalue weighted by atomic mass is 10.1. The van der Waals surface area contributed by atoms with Crippen LogP contribution in [0.15, 0.2) is 17.8 Å². The van der Waals surface area contributed by atoms with E-state index >= 15 is 0 Å². The van der Waals surface area contributed by atoms with E-state index in [4.69, 9.17) is 0 Å². The third-order valence-electron chi connectivity index (χ3n) is 2.03. The van der Waals surface area contributed by atoms with Gasteiger partial charge in [-0.25, -0.2) is 0 Å². The summed E-state index contributed by atoms with van der Waals surface area (Å²) in [6.45, 7) is 4.56. The van der Waals surface area contributed by atoms with Gasteiger partial charge in [-0.2, -0.15) is 4.91 Å². The van der Waals surface area contributed by atoms with E-state index < -0.39 is 0 Å². The molecular formula is C8H12N2O2. The molecule has 1 heterocycles. The fourth-order valence-corrected chi connectivity index (χ4v) is 1.37. The summed E-state index contributed by atoms with van der Waals surface area (Å²) in [7, 11) is 0. The van der Waals surface area contributed by atoms with Crippen LogP contribution in [0.4, 0.5) is 0 Å². The zero-order valence-electron chi connectivity index (χ0n) is 6.90. The van der Waals surface area contributed by atoms with Gasteiger partial charge in [0.1, 0.15) is 6.04 Å². The Balaban J connectivity index is 2.50. The van der Waals surface area contributed by atoms with E-state index in [-0.39, 0.29) is 11.9 Å². The zero-order chi connectivity index (χ0) is 8.97. The van der Waals surface area contributed by atoms with E-state index in [1.165, 1.54) is 6.08 Å². The van der Waals surface area contributed by atoms with Crippen molar-refractivity contribution in [1.82, 2.24) is 4.90 Å². The third-order valence-corrected chi connectivity index (χ3v) is 2.03. The minimum atomic E-state index is -0.220. The van der Waals surface area contributed by atoms with Crippen molar-refractivity contribution in [3.05, 3.63) is 17.6 Å².